The molecule has 2 aliphatic rings. The van der Waals surface area contributed by atoms with Crippen molar-refractivity contribution in [2.75, 3.05) is 13.1 Å². The minimum atomic E-state index is -4.00. The molecule has 2 aromatic rings. The normalized spacial score (nSPS) is 22.1. The summed E-state index contributed by atoms with van der Waals surface area (Å²) >= 11 is 0. The number of benzene rings is 2. The first-order valence-corrected chi connectivity index (χ1v) is 11.5. The van der Waals surface area contributed by atoms with Crippen LogP contribution in [0.5, 0.6) is 0 Å². The fraction of sp³-hybridized carbons (Fsp3) is 0.318. The number of sulfonamides is 1. The molecule has 2 heterocycles. The van der Waals surface area contributed by atoms with E-state index in [0.717, 1.165) is 23.3 Å². The highest BCUT2D eigenvalue weighted by Gasteiger charge is 2.49. The molecular weight excluding hydrogens is 418 g/mol. The van der Waals surface area contributed by atoms with E-state index in [2.05, 4.69) is 12.2 Å². The third-order valence-corrected chi connectivity index (χ3v) is 7.62. The Hall–Kier alpha value is -3.20. The molecule has 0 spiro atoms. The molecular formula is C22H23N3O5S. The number of hydrogen-bond acceptors (Lipinski definition) is 5. The van der Waals surface area contributed by atoms with Crippen LogP contribution in [-0.2, 0) is 26.8 Å². The number of carbonyl (C=O) groups excluding carboxylic acids is 3. The maximum Gasteiger partial charge on any atom is 0.325 e. The van der Waals surface area contributed by atoms with Crippen molar-refractivity contribution < 1.29 is 22.8 Å². The van der Waals surface area contributed by atoms with Crippen molar-refractivity contribution in [3.63, 3.8) is 0 Å². The highest BCUT2D eigenvalue weighted by atomic mass is 32.2. The van der Waals surface area contributed by atoms with E-state index in [0.29, 0.717) is 9.87 Å². The Morgan fingerprint density at radius 1 is 0.968 bits per heavy atom. The molecule has 2 aliphatic heterocycles. The maximum atomic E-state index is 13.1. The Balaban J connectivity index is 1.52. The Morgan fingerprint density at radius 3 is 2.29 bits per heavy atom. The van der Waals surface area contributed by atoms with Crippen LogP contribution in [0.2, 0.25) is 0 Å². The molecule has 8 nitrogen and oxygen atoms in total. The number of nitrogens with one attached hydrogen (secondary N) is 1. The number of imide groups is 1. The zero-order valence-electron chi connectivity index (χ0n) is 17.3. The van der Waals surface area contributed by atoms with Gasteiger partial charge in [0.25, 0.3) is 21.8 Å². The molecule has 4 rings (SSSR count). The second-order valence-corrected chi connectivity index (χ2v) is 9.67. The van der Waals surface area contributed by atoms with Gasteiger partial charge in [-0.1, -0.05) is 49.7 Å². The fourth-order valence-corrected chi connectivity index (χ4v) is 5.59. The number of nitrogens with zero attached hydrogens (tertiary/aromatic N) is 2. The topological polar surface area (TPSA) is 104 Å². The SMILES string of the molecule is CCCc1ccc(C2(C)NC(=O)N(CCN3C(=O)c4ccccc4S3(=O)=O)C2=O)cc1. The van der Waals surface area contributed by atoms with Crippen LogP contribution >= 0.6 is 0 Å². The van der Waals surface area contributed by atoms with Gasteiger partial charge in [0.15, 0.2) is 0 Å². The molecule has 1 unspecified atom stereocenters. The number of aryl methyl sites for hydroxylation is 1. The highest BCUT2D eigenvalue weighted by Crippen LogP contribution is 2.32. The van der Waals surface area contributed by atoms with E-state index in [9.17, 15) is 22.8 Å². The summed E-state index contributed by atoms with van der Waals surface area (Å²) in [5.74, 6) is -1.14. The summed E-state index contributed by atoms with van der Waals surface area (Å²) in [4.78, 5) is 39.1. The molecule has 2 aromatic carbocycles. The molecule has 1 saturated heterocycles. The van der Waals surface area contributed by atoms with E-state index < -0.39 is 33.4 Å². The molecule has 0 saturated carbocycles. The van der Waals surface area contributed by atoms with E-state index in [-0.39, 0.29) is 23.5 Å². The zero-order valence-corrected chi connectivity index (χ0v) is 18.1. The molecule has 0 bridgehead atoms. The molecule has 1 fully saturated rings. The summed E-state index contributed by atoms with van der Waals surface area (Å²) in [6.07, 6.45) is 1.92. The molecule has 4 amide bonds. The van der Waals surface area contributed by atoms with Crippen LogP contribution in [-0.4, -0.2) is 48.6 Å². The third kappa shape index (κ3) is 3.29. The number of amides is 4. The molecule has 1 atom stereocenters. The minimum Gasteiger partial charge on any atom is -0.319 e. The summed E-state index contributed by atoms with van der Waals surface area (Å²) < 4.78 is 26.1. The van der Waals surface area contributed by atoms with Crippen molar-refractivity contribution in [3.8, 4) is 0 Å². The van der Waals surface area contributed by atoms with Gasteiger partial charge in [-0.25, -0.2) is 17.5 Å². The van der Waals surface area contributed by atoms with Crippen LogP contribution < -0.4 is 5.32 Å². The van der Waals surface area contributed by atoms with Crippen molar-refractivity contribution in [1.82, 2.24) is 14.5 Å². The van der Waals surface area contributed by atoms with Gasteiger partial charge in [0, 0.05) is 6.54 Å². The molecule has 0 radical (unpaired) electrons. The average molecular weight is 442 g/mol. The maximum absolute atomic E-state index is 13.1. The first-order chi connectivity index (χ1) is 14.7. The average Bonchev–Trinajstić information content (AvgIpc) is 3.09. The van der Waals surface area contributed by atoms with Crippen LogP contribution in [0.3, 0.4) is 0 Å². The zero-order chi connectivity index (χ0) is 22.4. The lowest BCUT2D eigenvalue weighted by atomic mass is 9.91. The van der Waals surface area contributed by atoms with Gasteiger partial charge in [0.2, 0.25) is 0 Å². The number of fused-ring (bicyclic) bond motifs is 1. The van der Waals surface area contributed by atoms with Gasteiger partial charge >= 0.3 is 6.03 Å². The van der Waals surface area contributed by atoms with Gasteiger partial charge in [-0.05, 0) is 36.6 Å². The van der Waals surface area contributed by atoms with Crippen molar-refractivity contribution in [3.05, 3.63) is 65.2 Å². The van der Waals surface area contributed by atoms with Gasteiger partial charge in [0.1, 0.15) is 10.4 Å². The van der Waals surface area contributed by atoms with Crippen molar-refractivity contribution in [1.29, 1.82) is 0 Å². The smallest absolute Gasteiger partial charge is 0.319 e. The largest absolute Gasteiger partial charge is 0.325 e. The van der Waals surface area contributed by atoms with E-state index >= 15 is 0 Å². The van der Waals surface area contributed by atoms with Gasteiger partial charge < -0.3 is 5.32 Å². The van der Waals surface area contributed by atoms with Crippen molar-refractivity contribution in [2.45, 2.75) is 37.1 Å². The second kappa shape index (κ2) is 7.49. The minimum absolute atomic E-state index is 0.0609. The van der Waals surface area contributed by atoms with Gasteiger partial charge in [0.05, 0.1) is 12.1 Å². The Bertz CT molecular complexity index is 1180. The number of urea groups is 1. The summed E-state index contributed by atoms with van der Waals surface area (Å²) in [5, 5.41) is 2.71. The third-order valence-electron chi connectivity index (χ3n) is 5.78. The van der Waals surface area contributed by atoms with Crippen LogP contribution in [0.25, 0.3) is 0 Å². The van der Waals surface area contributed by atoms with E-state index in [1.54, 1.807) is 19.1 Å². The van der Waals surface area contributed by atoms with E-state index in [4.69, 9.17) is 0 Å². The second-order valence-electron chi connectivity index (χ2n) is 7.84. The lowest BCUT2D eigenvalue weighted by Crippen LogP contribution is -2.43. The first kappa shape index (κ1) is 21.0. The predicted molar refractivity (Wildman–Crippen MR) is 113 cm³/mol. The van der Waals surface area contributed by atoms with Gasteiger partial charge in [-0.15, -0.1) is 0 Å². The summed E-state index contributed by atoms with van der Waals surface area (Å²) in [6, 6.07) is 12.8. The summed E-state index contributed by atoms with van der Waals surface area (Å²) in [5.41, 5.74) is 0.626. The Kier molecular flexibility index (Phi) is 5.09. The summed E-state index contributed by atoms with van der Waals surface area (Å²) in [6.45, 7) is 3.17. The number of carbonyl (C=O) groups is 3. The number of rotatable bonds is 6. The van der Waals surface area contributed by atoms with Gasteiger partial charge in [-0.3, -0.25) is 14.5 Å². The van der Waals surface area contributed by atoms with Crippen molar-refractivity contribution >= 4 is 27.9 Å². The molecule has 1 N–H and O–H groups in total. The predicted octanol–water partition coefficient (Wildman–Crippen LogP) is 2.25. The lowest BCUT2D eigenvalue weighted by Gasteiger charge is -2.23. The van der Waals surface area contributed by atoms with Crippen LogP contribution in [0, 0.1) is 0 Å². The lowest BCUT2D eigenvalue weighted by molar-refractivity contribution is -0.131. The molecule has 31 heavy (non-hydrogen) atoms. The van der Waals surface area contributed by atoms with Crippen LogP contribution in [0.1, 0.15) is 41.8 Å². The van der Waals surface area contributed by atoms with Crippen LogP contribution in [0.4, 0.5) is 4.79 Å². The Labute approximate surface area is 180 Å². The van der Waals surface area contributed by atoms with Gasteiger partial charge in [-0.2, -0.15) is 0 Å². The molecule has 0 aliphatic carbocycles. The summed E-state index contributed by atoms with van der Waals surface area (Å²) in [7, 11) is -4.00. The highest BCUT2D eigenvalue weighted by molar-refractivity contribution is 7.90. The van der Waals surface area contributed by atoms with E-state index in [1.807, 2.05) is 24.3 Å². The monoisotopic (exact) mass is 441 g/mol. The molecule has 9 heteroatoms. The number of hydrogen-bond donors (Lipinski definition) is 1. The van der Waals surface area contributed by atoms with E-state index in [1.165, 1.54) is 12.1 Å². The molecule has 0 aromatic heterocycles. The molecule has 162 valence electrons. The first-order valence-electron chi connectivity index (χ1n) is 10.1. The quantitative estimate of drug-likeness (QED) is 0.693. The Morgan fingerprint density at radius 2 is 1.65 bits per heavy atom. The fourth-order valence-electron chi connectivity index (χ4n) is 4.03. The van der Waals surface area contributed by atoms with Crippen molar-refractivity contribution in [2.24, 2.45) is 0 Å². The standard InChI is InChI=1S/C22H23N3O5S/c1-3-6-15-9-11-16(12-10-15)22(2)20(27)24(21(28)23-22)13-14-25-19(26)17-7-4-5-8-18(17)31(25,29)30/h4-5,7-12H,3,6,13-14H2,1-2H3,(H,23,28). The van der Waals surface area contributed by atoms with Crippen LogP contribution in [0.15, 0.2) is 53.4 Å².